The third-order valence-corrected chi connectivity index (χ3v) is 7.91. The van der Waals surface area contributed by atoms with Gasteiger partial charge in [-0.25, -0.2) is 19.7 Å². The van der Waals surface area contributed by atoms with Gasteiger partial charge in [0.15, 0.2) is 16.6 Å². The second kappa shape index (κ2) is 8.78. The van der Waals surface area contributed by atoms with Gasteiger partial charge >= 0.3 is 5.69 Å². The SMILES string of the molecule is Cc1ccc2nc(NC(=O)CSc3nc(-c4cccs4)nc4c3c(=O)n(C)c(=O)n4C)sc2c1. The molecule has 4 heterocycles. The molecular weight excluding hydrogens is 492 g/mol. The van der Waals surface area contributed by atoms with Crippen molar-refractivity contribution in [3.05, 3.63) is 62.1 Å². The highest BCUT2D eigenvalue weighted by Crippen LogP contribution is 2.29. The Morgan fingerprint density at radius 3 is 2.71 bits per heavy atom. The lowest BCUT2D eigenvalue weighted by Crippen LogP contribution is -2.37. The van der Waals surface area contributed by atoms with Crippen LogP contribution in [0.4, 0.5) is 5.13 Å². The van der Waals surface area contributed by atoms with Crippen LogP contribution in [0.5, 0.6) is 0 Å². The molecule has 0 aliphatic carbocycles. The molecule has 1 N–H and O–H groups in total. The summed E-state index contributed by atoms with van der Waals surface area (Å²) in [6.45, 7) is 2.00. The van der Waals surface area contributed by atoms with E-state index in [2.05, 4.69) is 20.3 Å². The fourth-order valence-corrected chi connectivity index (χ4v) is 5.88. The summed E-state index contributed by atoms with van der Waals surface area (Å²) in [4.78, 5) is 52.4. The van der Waals surface area contributed by atoms with Gasteiger partial charge in [0.05, 0.1) is 20.8 Å². The number of rotatable bonds is 5. The molecule has 0 radical (unpaired) electrons. The number of benzene rings is 1. The summed E-state index contributed by atoms with van der Waals surface area (Å²) >= 11 is 3.98. The number of nitrogens with zero attached hydrogens (tertiary/aromatic N) is 5. The molecule has 0 aliphatic rings. The predicted octanol–water partition coefficient (Wildman–Crippen LogP) is 3.40. The Balaban J connectivity index is 1.49. The number of thiophene rings is 1. The van der Waals surface area contributed by atoms with Crippen molar-refractivity contribution in [1.82, 2.24) is 24.1 Å². The average molecular weight is 511 g/mol. The number of aromatic nitrogens is 5. The first-order valence-corrected chi connectivity index (χ1v) is 12.8. The highest BCUT2D eigenvalue weighted by atomic mass is 32.2. The van der Waals surface area contributed by atoms with E-state index in [4.69, 9.17) is 0 Å². The van der Waals surface area contributed by atoms with Crippen LogP contribution in [-0.2, 0) is 18.9 Å². The average Bonchev–Trinajstić information content (AvgIpc) is 3.49. The number of carbonyl (C=O) groups is 1. The predicted molar refractivity (Wildman–Crippen MR) is 137 cm³/mol. The molecule has 1 amide bonds. The summed E-state index contributed by atoms with van der Waals surface area (Å²) in [7, 11) is 2.97. The van der Waals surface area contributed by atoms with Gasteiger partial charge in [0, 0.05) is 14.1 Å². The molecule has 1 aromatic carbocycles. The van der Waals surface area contributed by atoms with Gasteiger partial charge in [0.1, 0.15) is 10.4 Å². The van der Waals surface area contributed by atoms with Crippen LogP contribution in [0, 0.1) is 6.92 Å². The van der Waals surface area contributed by atoms with Crippen molar-refractivity contribution in [2.45, 2.75) is 11.9 Å². The van der Waals surface area contributed by atoms with E-state index in [0.29, 0.717) is 16.0 Å². The lowest BCUT2D eigenvalue weighted by molar-refractivity contribution is -0.113. The van der Waals surface area contributed by atoms with Gasteiger partial charge in [-0.1, -0.05) is 35.2 Å². The molecule has 9 nitrogen and oxygen atoms in total. The fraction of sp³-hybridized carbons (Fsp3) is 0.182. The van der Waals surface area contributed by atoms with Gasteiger partial charge in [-0.2, -0.15) is 0 Å². The number of anilines is 1. The minimum atomic E-state index is -0.500. The van der Waals surface area contributed by atoms with Crippen molar-refractivity contribution in [2.24, 2.45) is 14.1 Å². The van der Waals surface area contributed by atoms with Crippen LogP contribution >= 0.6 is 34.4 Å². The Labute approximate surface area is 205 Å². The fourth-order valence-electron chi connectivity index (χ4n) is 3.42. The number of hydrogen-bond donors (Lipinski definition) is 1. The number of nitrogens with one attached hydrogen (secondary N) is 1. The minimum Gasteiger partial charge on any atom is -0.301 e. The molecule has 0 bridgehead atoms. The van der Waals surface area contributed by atoms with E-state index in [9.17, 15) is 14.4 Å². The Hall–Kier alpha value is -3.35. The van der Waals surface area contributed by atoms with Crippen molar-refractivity contribution in [2.75, 3.05) is 11.1 Å². The lowest BCUT2D eigenvalue weighted by Gasteiger charge is -2.11. The molecule has 0 unspecified atom stereocenters. The van der Waals surface area contributed by atoms with Gasteiger partial charge in [0.25, 0.3) is 5.56 Å². The van der Waals surface area contributed by atoms with E-state index < -0.39 is 11.2 Å². The molecule has 34 heavy (non-hydrogen) atoms. The van der Waals surface area contributed by atoms with Crippen LogP contribution in [0.25, 0.3) is 32.0 Å². The maximum Gasteiger partial charge on any atom is 0.332 e. The number of thioether (sulfide) groups is 1. The summed E-state index contributed by atoms with van der Waals surface area (Å²) in [6.07, 6.45) is 0. The second-order valence-corrected chi connectivity index (χ2v) is 10.5. The van der Waals surface area contributed by atoms with Crippen LogP contribution in [-0.4, -0.2) is 35.7 Å². The van der Waals surface area contributed by atoms with E-state index in [1.54, 1.807) is 7.05 Å². The molecule has 0 spiro atoms. The van der Waals surface area contributed by atoms with Crippen LogP contribution in [0.1, 0.15) is 5.56 Å². The number of hydrogen-bond acceptors (Lipinski definition) is 9. The lowest BCUT2D eigenvalue weighted by atomic mass is 10.2. The zero-order chi connectivity index (χ0) is 24.0. The summed E-state index contributed by atoms with van der Waals surface area (Å²) in [5.41, 5.74) is 1.20. The van der Waals surface area contributed by atoms with Crippen molar-refractivity contribution < 1.29 is 4.79 Å². The quantitative estimate of drug-likeness (QED) is 0.285. The number of thiazole rings is 1. The summed E-state index contributed by atoms with van der Waals surface area (Å²) < 4.78 is 3.33. The zero-order valence-electron chi connectivity index (χ0n) is 18.4. The van der Waals surface area contributed by atoms with Crippen molar-refractivity contribution in [3.63, 3.8) is 0 Å². The van der Waals surface area contributed by atoms with Gasteiger partial charge in [-0.05, 0) is 36.1 Å². The number of fused-ring (bicyclic) bond motifs is 2. The Kier molecular flexibility index (Phi) is 5.80. The molecule has 4 aromatic heterocycles. The first kappa shape index (κ1) is 22.4. The number of aryl methyl sites for hydroxylation is 2. The Bertz CT molecular complexity index is 1680. The zero-order valence-corrected chi connectivity index (χ0v) is 20.8. The minimum absolute atomic E-state index is 0.0109. The maximum absolute atomic E-state index is 12.9. The van der Waals surface area contributed by atoms with E-state index >= 15 is 0 Å². The van der Waals surface area contributed by atoms with Gasteiger partial charge < -0.3 is 5.32 Å². The number of carbonyl (C=O) groups excluding carboxylic acids is 1. The monoisotopic (exact) mass is 510 g/mol. The molecule has 5 rings (SSSR count). The number of amides is 1. The Morgan fingerprint density at radius 2 is 1.94 bits per heavy atom. The normalized spacial score (nSPS) is 11.4. The van der Waals surface area contributed by atoms with Crippen molar-refractivity contribution >= 4 is 66.7 Å². The van der Waals surface area contributed by atoms with Gasteiger partial charge in [0.2, 0.25) is 5.91 Å². The smallest absolute Gasteiger partial charge is 0.301 e. The molecular formula is C22H18N6O3S3. The van der Waals surface area contributed by atoms with E-state index in [1.807, 2.05) is 42.6 Å². The standard InChI is InChI=1S/C22H18N6O3S3/c1-11-6-7-12-14(9-11)34-21(23-12)24-15(29)10-33-19-16-18(27(2)22(31)28(3)20(16)30)25-17(26-19)13-5-4-8-32-13/h4-9H,10H2,1-3H3,(H,23,24,29). The summed E-state index contributed by atoms with van der Waals surface area (Å²) in [6, 6.07) is 9.65. The first-order chi connectivity index (χ1) is 16.3. The molecule has 0 fully saturated rings. The van der Waals surface area contributed by atoms with Crippen molar-refractivity contribution in [3.8, 4) is 10.7 Å². The molecule has 12 heteroatoms. The van der Waals surface area contributed by atoms with Crippen LogP contribution in [0.2, 0.25) is 0 Å². The maximum atomic E-state index is 12.9. The molecule has 0 saturated carbocycles. The second-order valence-electron chi connectivity index (χ2n) is 7.56. The van der Waals surface area contributed by atoms with E-state index in [1.165, 1.54) is 34.3 Å². The molecule has 0 atom stereocenters. The van der Waals surface area contributed by atoms with Crippen molar-refractivity contribution in [1.29, 1.82) is 0 Å². The summed E-state index contributed by atoms with van der Waals surface area (Å²) in [5, 5.41) is 5.78. The van der Waals surface area contributed by atoms with Crippen LogP contribution in [0.15, 0.2) is 50.3 Å². The molecule has 0 saturated heterocycles. The molecule has 0 aliphatic heterocycles. The molecule has 172 valence electrons. The van der Waals surface area contributed by atoms with Gasteiger partial charge in [-0.3, -0.25) is 18.7 Å². The third kappa shape index (κ3) is 4.04. The topological polar surface area (TPSA) is 112 Å². The van der Waals surface area contributed by atoms with E-state index in [0.717, 1.165) is 37.0 Å². The Morgan fingerprint density at radius 1 is 1.12 bits per heavy atom. The third-order valence-electron chi connectivity index (χ3n) is 5.14. The van der Waals surface area contributed by atoms with E-state index in [-0.39, 0.29) is 22.7 Å². The highest BCUT2D eigenvalue weighted by Gasteiger charge is 2.19. The highest BCUT2D eigenvalue weighted by molar-refractivity contribution is 8.00. The first-order valence-electron chi connectivity index (χ1n) is 10.1. The van der Waals surface area contributed by atoms with Crippen LogP contribution < -0.4 is 16.6 Å². The van der Waals surface area contributed by atoms with Crippen LogP contribution in [0.3, 0.4) is 0 Å². The van der Waals surface area contributed by atoms with Gasteiger partial charge in [-0.15, -0.1) is 11.3 Å². The largest absolute Gasteiger partial charge is 0.332 e. The molecule has 5 aromatic rings. The summed E-state index contributed by atoms with van der Waals surface area (Å²) in [5.74, 6) is 0.138.